The highest BCUT2D eigenvalue weighted by Crippen LogP contribution is 2.29. The fourth-order valence-electron chi connectivity index (χ4n) is 7.23. The van der Waals surface area contributed by atoms with Gasteiger partial charge in [0, 0.05) is 0 Å². The van der Waals surface area contributed by atoms with Crippen LogP contribution >= 0.6 is 0 Å². The van der Waals surface area contributed by atoms with Crippen LogP contribution in [-0.4, -0.2) is 35.2 Å². The molecule has 1 aliphatic rings. The molecule has 0 aromatic carbocycles. The van der Waals surface area contributed by atoms with E-state index in [1.807, 2.05) is 0 Å². The smallest absolute Gasteiger partial charge is 0.0647 e. The van der Waals surface area contributed by atoms with Crippen LogP contribution in [0.3, 0.4) is 0 Å². The van der Waals surface area contributed by atoms with Crippen LogP contribution in [0.5, 0.6) is 0 Å². The van der Waals surface area contributed by atoms with Gasteiger partial charge in [-0.1, -0.05) is 159 Å². The van der Waals surface area contributed by atoms with Gasteiger partial charge in [-0.2, -0.15) is 0 Å². The van der Waals surface area contributed by atoms with Gasteiger partial charge in [0.25, 0.3) is 0 Å². The zero-order valence-corrected chi connectivity index (χ0v) is 32.8. The molecule has 0 unspecified atom stereocenters. The molecule has 0 aromatic heterocycles. The van der Waals surface area contributed by atoms with Crippen LogP contribution in [0.4, 0.5) is 0 Å². The molecule has 0 amide bonds. The lowest BCUT2D eigenvalue weighted by Gasteiger charge is -2.30. The van der Waals surface area contributed by atoms with E-state index in [2.05, 4.69) is 67.4 Å². The fraction of sp³-hybridized carbons (Fsp3) is 0.826. The van der Waals surface area contributed by atoms with Gasteiger partial charge in [-0.25, -0.2) is 0 Å². The number of nitrogens with zero attached hydrogens (tertiary/aromatic N) is 1. The van der Waals surface area contributed by atoms with E-state index in [-0.39, 0.29) is 0 Å². The van der Waals surface area contributed by atoms with E-state index < -0.39 is 5.60 Å². The lowest BCUT2D eigenvalue weighted by Crippen LogP contribution is -2.32. The van der Waals surface area contributed by atoms with Crippen LogP contribution in [0.2, 0.25) is 0 Å². The summed E-state index contributed by atoms with van der Waals surface area (Å²) in [6.45, 7) is 8.37. The Morgan fingerprint density at radius 1 is 0.417 bits per heavy atom. The fourth-order valence-corrected chi connectivity index (χ4v) is 7.23. The van der Waals surface area contributed by atoms with Crippen LogP contribution in [0.15, 0.2) is 48.6 Å². The quantitative estimate of drug-likeness (QED) is 0.0537. The van der Waals surface area contributed by atoms with Crippen molar-refractivity contribution in [2.45, 2.75) is 225 Å². The van der Waals surface area contributed by atoms with Crippen LogP contribution in [0, 0.1) is 0 Å². The average Bonchev–Trinajstić information content (AvgIpc) is 3.10. The highest BCUT2D eigenvalue weighted by atomic mass is 16.3. The van der Waals surface area contributed by atoms with Crippen LogP contribution in [-0.2, 0) is 0 Å². The first-order valence-corrected chi connectivity index (χ1v) is 21.7. The summed E-state index contributed by atoms with van der Waals surface area (Å²) in [6.07, 6.45) is 59.4. The summed E-state index contributed by atoms with van der Waals surface area (Å²) in [5, 5.41) is 11.7. The van der Waals surface area contributed by atoms with Gasteiger partial charge in [0.1, 0.15) is 0 Å². The van der Waals surface area contributed by atoms with Crippen LogP contribution in [0.1, 0.15) is 219 Å². The Balaban J connectivity index is 2.17. The second kappa shape index (κ2) is 35.7. The summed E-state index contributed by atoms with van der Waals surface area (Å²) < 4.78 is 0. The predicted molar refractivity (Wildman–Crippen MR) is 217 cm³/mol. The highest BCUT2D eigenvalue weighted by Gasteiger charge is 2.25. The Morgan fingerprint density at radius 2 is 0.771 bits per heavy atom. The van der Waals surface area contributed by atoms with E-state index in [9.17, 15) is 5.11 Å². The molecule has 0 atom stereocenters. The van der Waals surface area contributed by atoms with Gasteiger partial charge in [-0.05, 0) is 129 Å². The van der Waals surface area contributed by atoms with Crippen molar-refractivity contribution in [2.24, 2.45) is 0 Å². The second-order valence-electron chi connectivity index (χ2n) is 15.3. The van der Waals surface area contributed by atoms with Crippen molar-refractivity contribution in [3.8, 4) is 0 Å². The lowest BCUT2D eigenvalue weighted by atomic mass is 9.85. The molecule has 0 aliphatic carbocycles. The summed E-state index contributed by atoms with van der Waals surface area (Å²) in [5.74, 6) is 0. The molecular weight excluding hydrogens is 583 g/mol. The molecule has 0 aromatic rings. The molecule has 1 rings (SSSR count). The zero-order valence-electron chi connectivity index (χ0n) is 32.8. The maximum Gasteiger partial charge on any atom is 0.0647 e. The van der Waals surface area contributed by atoms with Crippen molar-refractivity contribution in [1.82, 2.24) is 4.90 Å². The van der Waals surface area contributed by atoms with Gasteiger partial charge in [-0.3, -0.25) is 0 Å². The molecule has 1 N–H and O–H groups in total. The first kappa shape index (κ1) is 44.9. The van der Waals surface area contributed by atoms with Crippen molar-refractivity contribution in [1.29, 1.82) is 0 Å². The zero-order chi connectivity index (χ0) is 34.5. The maximum atomic E-state index is 11.7. The Kier molecular flexibility index (Phi) is 33.4. The molecule has 0 spiro atoms. The van der Waals surface area contributed by atoms with Crippen molar-refractivity contribution in [3.05, 3.63) is 48.6 Å². The molecule has 1 aliphatic heterocycles. The largest absolute Gasteiger partial charge is 0.390 e. The van der Waals surface area contributed by atoms with Gasteiger partial charge in [0.05, 0.1) is 5.60 Å². The van der Waals surface area contributed by atoms with Crippen molar-refractivity contribution in [2.75, 3.05) is 19.6 Å². The van der Waals surface area contributed by atoms with E-state index >= 15 is 0 Å². The molecule has 1 heterocycles. The van der Waals surface area contributed by atoms with Gasteiger partial charge < -0.3 is 10.0 Å². The van der Waals surface area contributed by atoms with Crippen LogP contribution < -0.4 is 0 Å². The van der Waals surface area contributed by atoms with Crippen LogP contribution in [0.25, 0.3) is 0 Å². The Morgan fingerprint density at radius 3 is 1.19 bits per heavy atom. The number of unbranched alkanes of at least 4 members (excludes halogenated alkanes) is 19. The Labute approximate surface area is 302 Å². The minimum Gasteiger partial charge on any atom is -0.390 e. The van der Waals surface area contributed by atoms with Gasteiger partial charge >= 0.3 is 0 Å². The topological polar surface area (TPSA) is 23.5 Å². The molecule has 280 valence electrons. The first-order valence-electron chi connectivity index (χ1n) is 21.7. The maximum absolute atomic E-state index is 11.7. The Bertz CT molecular complexity index is 710. The highest BCUT2D eigenvalue weighted by molar-refractivity contribution is 4.93. The summed E-state index contributed by atoms with van der Waals surface area (Å²) in [7, 11) is 0. The number of hydrogen-bond acceptors (Lipinski definition) is 2. The monoisotopic (exact) mass is 668 g/mol. The van der Waals surface area contributed by atoms with E-state index in [0.717, 1.165) is 32.1 Å². The van der Waals surface area contributed by atoms with E-state index in [1.54, 1.807) is 0 Å². The molecular formula is C46H85NO. The Hall–Kier alpha value is -1.12. The summed E-state index contributed by atoms with van der Waals surface area (Å²) >= 11 is 0. The van der Waals surface area contributed by atoms with Crippen molar-refractivity contribution < 1.29 is 5.11 Å². The molecule has 0 saturated carbocycles. The normalized spacial score (nSPS) is 15.0. The number of piperidine rings is 1. The minimum atomic E-state index is -0.424. The molecule has 1 saturated heterocycles. The molecule has 48 heavy (non-hydrogen) atoms. The average molecular weight is 668 g/mol. The third-order valence-electron chi connectivity index (χ3n) is 10.5. The number of rotatable bonds is 35. The lowest BCUT2D eigenvalue weighted by molar-refractivity contribution is 0.00653. The van der Waals surface area contributed by atoms with E-state index in [1.165, 1.54) is 193 Å². The number of allylic oxidation sites excluding steroid dienone is 8. The third-order valence-corrected chi connectivity index (χ3v) is 10.5. The van der Waals surface area contributed by atoms with Crippen molar-refractivity contribution in [3.63, 3.8) is 0 Å². The summed E-state index contributed by atoms with van der Waals surface area (Å²) in [6, 6.07) is 0. The molecule has 1 fully saturated rings. The molecule has 0 bridgehead atoms. The van der Waals surface area contributed by atoms with Gasteiger partial charge in [0.2, 0.25) is 0 Å². The summed E-state index contributed by atoms with van der Waals surface area (Å²) in [4.78, 5) is 2.66. The summed E-state index contributed by atoms with van der Waals surface area (Å²) in [5.41, 5.74) is -0.424. The molecule has 2 heteroatoms. The SMILES string of the molecule is CCCCC/C=C\C/C=C\CCCCCCCCC(O)(CCCCCCCC/C=C\C/C=C\CCCCC)CCCCN1CCCCC1. The van der Waals surface area contributed by atoms with E-state index in [4.69, 9.17) is 0 Å². The third kappa shape index (κ3) is 30.9. The standard InChI is InChI=1S/C46H85NO/c1-3-5-7-9-11-13-15-17-19-21-23-25-27-29-31-34-40-46(48,42-36-39-45-47-43-37-33-38-44-47)41-35-32-30-28-26-24-22-20-18-16-14-12-10-8-6-4-2/h11-14,17-20,48H,3-10,15-16,21-45H2,1-2H3/b13-11-,14-12-,19-17-,20-18-. The van der Waals surface area contributed by atoms with Crippen molar-refractivity contribution >= 4 is 0 Å². The van der Waals surface area contributed by atoms with Gasteiger partial charge in [0.15, 0.2) is 0 Å². The van der Waals surface area contributed by atoms with E-state index in [0.29, 0.717) is 0 Å². The van der Waals surface area contributed by atoms with Gasteiger partial charge in [-0.15, -0.1) is 0 Å². The minimum absolute atomic E-state index is 0.424. The molecule has 0 radical (unpaired) electrons. The number of aliphatic hydroxyl groups is 1. The first-order chi connectivity index (χ1) is 23.7. The number of hydrogen-bond donors (Lipinski definition) is 1. The second-order valence-corrected chi connectivity index (χ2v) is 15.3. The number of likely N-dealkylation sites (tertiary alicyclic amines) is 1. The molecule has 2 nitrogen and oxygen atoms in total. The predicted octanol–water partition coefficient (Wildman–Crippen LogP) is 14.8.